The average Bonchev–Trinajstić information content (AvgIpc) is 2.35. The Labute approximate surface area is 102 Å². The summed E-state index contributed by atoms with van der Waals surface area (Å²) in [4.78, 5) is 0. The molecule has 2 N–H and O–H groups in total. The van der Waals surface area contributed by atoms with E-state index in [1.165, 1.54) is 6.07 Å². The van der Waals surface area contributed by atoms with E-state index >= 15 is 0 Å². The van der Waals surface area contributed by atoms with Crippen molar-refractivity contribution in [3.8, 4) is 0 Å². The molecular formula is C13H20FNO2. The van der Waals surface area contributed by atoms with Crippen LogP contribution in [-0.4, -0.2) is 33.5 Å². The minimum Gasteiger partial charge on any atom is -0.382 e. The van der Waals surface area contributed by atoms with E-state index in [1.54, 1.807) is 19.2 Å². The Morgan fingerprint density at radius 2 is 2.00 bits per heavy atom. The molecule has 0 saturated carbocycles. The van der Waals surface area contributed by atoms with Gasteiger partial charge in [-0.1, -0.05) is 18.2 Å². The number of halogens is 1. The van der Waals surface area contributed by atoms with E-state index < -0.39 is 0 Å². The Morgan fingerprint density at radius 1 is 1.24 bits per heavy atom. The monoisotopic (exact) mass is 241 g/mol. The molecule has 0 aromatic heterocycles. The molecule has 4 heteroatoms. The predicted molar refractivity (Wildman–Crippen MR) is 65.5 cm³/mol. The maximum atomic E-state index is 13.5. The van der Waals surface area contributed by atoms with Gasteiger partial charge in [-0.3, -0.25) is 0 Å². The third kappa shape index (κ3) is 4.81. The van der Waals surface area contributed by atoms with Crippen molar-refractivity contribution in [3.63, 3.8) is 0 Å². The zero-order valence-corrected chi connectivity index (χ0v) is 10.2. The highest BCUT2D eigenvalue weighted by atomic mass is 19.1. The van der Waals surface area contributed by atoms with Crippen molar-refractivity contribution in [1.29, 1.82) is 0 Å². The molecule has 3 nitrogen and oxygen atoms in total. The third-order valence-corrected chi connectivity index (χ3v) is 2.67. The van der Waals surface area contributed by atoms with E-state index in [4.69, 9.17) is 15.2 Å². The first-order valence-electron chi connectivity index (χ1n) is 5.80. The molecule has 0 bridgehead atoms. The Kier molecular flexibility index (Phi) is 6.77. The molecule has 0 amide bonds. The fraction of sp³-hybridized carbons (Fsp3) is 0.538. The summed E-state index contributed by atoms with van der Waals surface area (Å²) >= 11 is 0. The van der Waals surface area contributed by atoms with Gasteiger partial charge in [0.15, 0.2) is 0 Å². The number of rotatable bonds is 8. The summed E-state index contributed by atoms with van der Waals surface area (Å²) < 4.78 is 23.8. The Balaban J connectivity index is 2.41. The predicted octanol–water partition coefficient (Wildman–Crippen LogP) is 1.92. The summed E-state index contributed by atoms with van der Waals surface area (Å²) in [5, 5.41) is 0. The van der Waals surface area contributed by atoms with E-state index in [2.05, 4.69) is 0 Å². The molecule has 0 heterocycles. The van der Waals surface area contributed by atoms with Crippen LogP contribution in [0.2, 0.25) is 0 Å². The zero-order chi connectivity index (χ0) is 12.5. The lowest BCUT2D eigenvalue weighted by atomic mass is 9.96. The highest BCUT2D eigenvalue weighted by Crippen LogP contribution is 2.21. The number of hydrogen-bond donors (Lipinski definition) is 1. The van der Waals surface area contributed by atoms with Crippen LogP contribution in [0.15, 0.2) is 24.3 Å². The summed E-state index contributed by atoms with van der Waals surface area (Å²) in [5.41, 5.74) is 6.34. The SMILES string of the molecule is COCCOCCC(CN)c1ccccc1F. The third-order valence-electron chi connectivity index (χ3n) is 2.67. The molecule has 1 atom stereocenters. The van der Waals surface area contributed by atoms with Gasteiger partial charge in [0.25, 0.3) is 0 Å². The molecular weight excluding hydrogens is 221 g/mol. The second kappa shape index (κ2) is 8.17. The highest BCUT2D eigenvalue weighted by molar-refractivity contribution is 5.21. The van der Waals surface area contributed by atoms with E-state index in [1.807, 2.05) is 6.07 Å². The lowest BCUT2D eigenvalue weighted by Gasteiger charge is -2.15. The summed E-state index contributed by atoms with van der Waals surface area (Å²) in [7, 11) is 1.63. The molecule has 0 aliphatic heterocycles. The summed E-state index contributed by atoms with van der Waals surface area (Å²) in [6.45, 7) is 2.13. The second-order valence-corrected chi connectivity index (χ2v) is 3.85. The summed E-state index contributed by atoms with van der Waals surface area (Å²) in [5.74, 6) is -0.182. The molecule has 0 aliphatic carbocycles. The van der Waals surface area contributed by atoms with E-state index in [0.717, 1.165) is 6.42 Å². The van der Waals surface area contributed by atoms with E-state index in [-0.39, 0.29) is 11.7 Å². The molecule has 0 radical (unpaired) electrons. The van der Waals surface area contributed by atoms with Crippen LogP contribution < -0.4 is 5.73 Å². The van der Waals surface area contributed by atoms with Crippen LogP contribution in [0.5, 0.6) is 0 Å². The average molecular weight is 241 g/mol. The first-order valence-corrected chi connectivity index (χ1v) is 5.80. The van der Waals surface area contributed by atoms with Gasteiger partial charge in [-0.2, -0.15) is 0 Å². The maximum Gasteiger partial charge on any atom is 0.126 e. The van der Waals surface area contributed by atoms with Gasteiger partial charge in [0.2, 0.25) is 0 Å². The van der Waals surface area contributed by atoms with Gasteiger partial charge in [0.1, 0.15) is 5.82 Å². The van der Waals surface area contributed by atoms with Crippen molar-refractivity contribution in [2.45, 2.75) is 12.3 Å². The molecule has 1 rings (SSSR count). The Bertz CT molecular complexity index is 320. The summed E-state index contributed by atoms with van der Waals surface area (Å²) in [6, 6.07) is 6.75. The van der Waals surface area contributed by atoms with Crippen LogP contribution in [-0.2, 0) is 9.47 Å². The van der Waals surface area contributed by atoms with Crippen LogP contribution in [0.3, 0.4) is 0 Å². The van der Waals surface area contributed by atoms with Gasteiger partial charge in [-0.15, -0.1) is 0 Å². The van der Waals surface area contributed by atoms with Gasteiger partial charge in [0, 0.05) is 19.6 Å². The number of ether oxygens (including phenoxy) is 2. The largest absolute Gasteiger partial charge is 0.382 e. The quantitative estimate of drug-likeness (QED) is 0.707. The molecule has 0 spiro atoms. The van der Waals surface area contributed by atoms with E-state index in [9.17, 15) is 4.39 Å². The molecule has 1 aromatic carbocycles. The van der Waals surface area contributed by atoms with Crippen LogP contribution in [0.4, 0.5) is 4.39 Å². The standard InChI is InChI=1S/C13H20FNO2/c1-16-8-9-17-7-6-11(10-15)12-4-2-3-5-13(12)14/h2-5,11H,6-10,15H2,1H3. The van der Waals surface area contributed by atoms with Gasteiger partial charge >= 0.3 is 0 Å². The lowest BCUT2D eigenvalue weighted by molar-refractivity contribution is 0.0671. The van der Waals surface area contributed by atoms with Gasteiger partial charge < -0.3 is 15.2 Å². The number of nitrogens with two attached hydrogens (primary N) is 1. The molecule has 1 unspecified atom stereocenters. The number of hydrogen-bond acceptors (Lipinski definition) is 3. The maximum absolute atomic E-state index is 13.5. The lowest BCUT2D eigenvalue weighted by Crippen LogP contribution is -2.16. The minimum absolute atomic E-state index is 0.0127. The highest BCUT2D eigenvalue weighted by Gasteiger charge is 2.13. The minimum atomic E-state index is -0.195. The molecule has 0 saturated heterocycles. The normalized spacial score (nSPS) is 12.6. The fourth-order valence-electron chi connectivity index (χ4n) is 1.68. The molecule has 0 aliphatic rings. The summed E-state index contributed by atoms with van der Waals surface area (Å²) in [6.07, 6.45) is 0.723. The van der Waals surface area contributed by atoms with Gasteiger partial charge in [-0.05, 0) is 24.6 Å². The number of methoxy groups -OCH3 is 1. The number of benzene rings is 1. The Hall–Kier alpha value is -0.970. The zero-order valence-electron chi connectivity index (χ0n) is 10.2. The van der Waals surface area contributed by atoms with Crippen LogP contribution >= 0.6 is 0 Å². The van der Waals surface area contributed by atoms with Crippen molar-refractivity contribution in [3.05, 3.63) is 35.6 Å². The molecule has 0 fully saturated rings. The second-order valence-electron chi connectivity index (χ2n) is 3.85. The topological polar surface area (TPSA) is 44.5 Å². The smallest absolute Gasteiger partial charge is 0.126 e. The molecule has 17 heavy (non-hydrogen) atoms. The van der Waals surface area contributed by atoms with Crippen molar-refractivity contribution in [2.75, 3.05) is 33.5 Å². The first-order chi connectivity index (χ1) is 8.29. The first kappa shape index (κ1) is 14.1. The van der Waals surface area contributed by atoms with Crippen molar-refractivity contribution in [2.24, 2.45) is 5.73 Å². The van der Waals surface area contributed by atoms with Crippen LogP contribution in [0, 0.1) is 5.82 Å². The molecule has 1 aromatic rings. The van der Waals surface area contributed by atoms with Crippen molar-refractivity contribution >= 4 is 0 Å². The van der Waals surface area contributed by atoms with Crippen LogP contribution in [0.1, 0.15) is 17.9 Å². The van der Waals surface area contributed by atoms with Gasteiger partial charge in [0.05, 0.1) is 13.2 Å². The van der Waals surface area contributed by atoms with E-state index in [0.29, 0.717) is 31.9 Å². The van der Waals surface area contributed by atoms with Gasteiger partial charge in [-0.25, -0.2) is 4.39 Å². The van der Waals surface area contributed by atoms with Crippen molar-refractivity contribution < 1.29 is 13.9 Å². The Morgan fingerprint density at radius 3 is 2.65 bits per heavy atom. The van der Waals surface area contributed by atoms with Crippen LogP contribution in [0.25, 0.3) is 0 Å². The fourth-order valence-corrected chi connectivity index (χ4v) is 1.68. The van der Waals surface area contributed by atoms with Crippen molar-refractivity contribution in [1.82, 2.24) is 0 Å². The molecule has 96 valence electrons.